The minimum Gasteiger partial charge on any atom is -0.448 e. The minimum absolute atomic E-state index is 0.0843. The van der Waals surface area contributed by atoms with E-state index in [1.165, 1.54) is 18.2 Å². The Labute approximate surface area is 126 Å². The van der Waals surface area contributed by atoms with Crippen molar-refractivity contribution in [3.63, 3.8) is 0 Å². The second-order valence-corrected chi connectivity index (χ2v) is 5.19. The van der Waals surface area contributed by atoms with E-state index < -0.39 is 5.82 Å². The summed E-state index contributed by atoms with van der Waals surface area (Å²) in [5, 5.41) is 4.09. The first-order valence-corrected chi connectivity index (χ1v) is 6.69. The molecule has 3 rings (SSSR count). The maximum atomic E-state index is 13.1. The van der Waals surface area contributed by atoms with Crippen molar-refractivity contribution >= 4 is 33.4 Å². The molecule has 1 aromatic carbocycles. The van der Waals surface area contributed by atoms with Crippen molar-refractivity contribution in [2.45, 2.75) is 0 Å². The third-order valence-electron chi connectivity index (χ3n) is 2.73. The highest BCUT2D eigenvalue weighted by atomic mass is 79.9. The zero-order valence-corrected chi connectivity index (χ0v) is 12.2. The number of furan rings is 1. The van der Waals surface area contributed by atoms with Gasteiger partial charge in [0.25, 0.3) is 0 Å². The molecule has 0 fully saturated rings. The van der Waals surface area contributed by atoms with Crippen LogP contribution in [0.1, 0.15) is 0 Å². The molecule has 0 aliphatic heterocycles. The van der Waals surface area contributed by atoms with E-state index in [2.05, 4.69) is 21.1 Å². The maximum Gasteiger partial charge on any atom is 0.230 e. The Hall–Kier alpha value is -1.79. The van der Waals surface area contributed by atoms with Crippen LogP contribution in [0.25, 0.3) is 22.6 Å². The van der Waals surface area contributed by atoms with Crippen molar-refractivity contribution in [3.05, 3.63) is 45.8 Å². The van der Waals surface area contributed by atoms with Gasteiger partial charge < -0.3 is 14.7 Å². The highest BCUT2D eigenvalue weighted by molar-refractivity contribution is 9.10. The van der Waals surface area contributed by atoms with Crippen LogP contribution < -0.4 is 5.73 Å². The predicted molar refractivity (Wildman–Crippen MR) is 76.7 cm³/mol. The number of rotatable bonds is 2. The average molecular weight is 358 g/mol. The summed E-state index contributed by atoms with van der Waals surface area (Å²) in [4.78, 5) is 0. The molecule has 0 atom stereocenters. The molecule has 0 saturated carbocycles. The van der Waals surface area contributed by atoms with Gasteiger partial charge in [-0.15, -0.1) is 0 Å². The maximum absolute atomic E-state index is 13.1. The van der Waals surface area contributed by atoms with Crippen molar-refractivity contribution < 1.29 is 13.3 Å². The van der Waals surface area contributed by atoms with Gasteiger partial charge >= 0.3 is 0 Å². The van der Waals surface area contributed by atoms with Crippen LogP contribution in [0.15, 0.2) is 43.9 Å². The fourth-order valence-electron chi connectivity index (χ4n) is 1.87. The standard InChI is InChI=1S/C13H7BrClFN2O2/c14-10-4-3-9(19-10)12-11(13(17)20-18-12)7-2-1-6(16)5-8(7)15/h1-5H,17H2. The summed E-state index contributed by atoms with van der Waals surface area (Å²) in [5.74, 6) is 0.116. The van der Waals surface area contributed by atoms with Crippen LogP contribution in [0.2, 0.25) is 5.02 Å². The molecule has 3 aromatic rings. The van der Waals surface area contributed by atoms with E-state index in [0.29, 0.717) is 27.3 Å². The number of hydrogen-bond acceptors (Lipinski definition) is 4. The number of benzene rings is 1. The lowest BCUT2D eigenvalue weighted by atomic mass is 10.0. The van der Waals surface area contributed by atoms with Crippen LogP contribution in [0.3, 0.4) is 0 Å². The number of aromatic nitrogens is 1. The van der Waals surface area contributed by atoms with Gasteiger partial charge in [-0.1, -0.05) is 16.8 Å². The third-order valence-corrected chi connectivity index (χ3v) is 3.46. The Bertz CT molecular complexity index is 785. The smallest absolute Gasteiger partial charge is 0.230 e. The van der Waals surface area contributed by atoms with E-state index >= 15 is 0 Å². The van der Waals surface area contributed by atoms with Gasteiger partial charge in [-0.2, -0.15) is 0 Å². The Morgan fingerprint density at radius 2 is 2.05 bits per heavy atom. The third kappa shape index (κ3) is 2.21. The topological polar surface area (TPSA) is 65.2 Å². The largest absolute Gasteiger partial charge is 0.448 e. The summed E-state index contributed by atoms with van der Waals surface area (Å²) in [7, 11) is 0. The molecule has 4 nitrogen and oxygen atoms in total. The summed E-state index contributed by atoms with van der Waals surface area (Å²) in [5.41, 5.74) is 7.19. The van der Waals surface area contributed by atoms with Gasteiger partial charge in [0, 0.05) is 5.56 Å². The number of anilines is 1. The molecule has 0 saturated heterocycles. The fraction of sp³-hybridized carbons (Fsp3) is 0. The molecule has 0 unspecified atom stereocenters. The highest BCUT2D eigenvalue weighted by Gasteiger charge is 2.22. The molecule has 0 aliphatic rings. The molecule has 2 aromatic heterocycles. The second-order valence-electron chi connectivity index (χ2n) is 4.00. The van der Waals surface area contributed by atoms with Crippen molar-refractivity contribution in [2.24, 2.45) is 0 Å². The molecule has 0 amide bonds. The lowest BCUT2D eigenvalue weighted by Gasteiger charge is -2.03. The van der Waals surface area contributed by atoms with Crippen LogP contribution in [-0.4, -0.2) is 5.16 Å². The van der Waals surface area contributed by atoms with Crippen LogP contribution in [0.5, 0.6) is 0 Å². The van der Waals surface area contributed by atoms with Gasteiger partial charge in [0.05, 0.1) is 10.6 Å². The van der Waals surface area contributed by atoms with Crippen LogP contribution >= 0.6 is 27.5 Å². The van der Waals surface area contributed by atoms with E-state index in [0.717, 1.165) is 0 Å². The Morgan fingerprint density at radius 3 is 2.70 bits per heavy atom. The molecule has 0 bridgehead atoms. The minimum atomic E-state index is -0.434. The molecule has 7 heteroatoms. The summed E-state index contributed by atoms with van der Waals surface area (Å²) in [6, 6.07) is 7.43. The van der Waals surface area contributed by atoms with Crippen molar-refractivity contribution in [1.82, 2.24) is 5.16 Å². The SMILES string of the molecule is Nc1onc(-c2ccc(Br)o2)c1-c1ccc(F)cc1Cl. The average Bonchev–Trinajstić information content (AvgIpc) is 2.96. The highest BCUT2D eigenvalue weighted by Crippen LogP contribution is 2.40. The first-order valence-electron chi connectivity index (χ1n) is 5.52. The van der Waals surface area contributed by atoms with E-state index in [-0.39, 0.29) is 10.9 Å². The van der Waals surface area contributed by atoms with E-state index in [4.69, 9.17) is 26.3 Å². The van der Waals surface area contributed by atoms with E-state index in [1.54, 1.807) is 12.1 Å². The molecule has 0 spiro atoms. The molecule has 102 valence electrons. The molecule has 20 heavy (non-hydrogen) atoms. The van der Waals surface area contributed by atoms with Crippen LogP contribution in [0, 0.1) is 5.82 Å². The molecule has 0 aliphatic carbocycles. The van der Waals surface area contributed by atoms with Gasteiger partial charge in [-0.3, -0.25) is 0 Å². The van der Waals surface area contributed by atoms with Crippen molar-refractivity contribution in [3.8, 4) is 22.6 Å². The second kappa shape index (κ2) is 4.96. The molecular formula is C13H7BrClFN2O2. The van der Waals surface area contributed by atoms with Gasteiger partial charge in [-0.05, 0) is 46.3 Å². The lowest BCUT2D eigenvalue weighted by molar-refractivity contribution is 0.435. The number of nitrogens with zero attached hydrogens (tertiary/aromatic N) is 1. The lowest BCUT2D eigenvalue weighted by Crippen LogP contribution is -1.89. The molecule has 2 N–H and O–H groups in total. The Kier molecular flexibility index (Phi) is 3.27. The molecule has 2 heterocycles. The van der Waals surface area contributed by atoms with Crippen LogP contribution in [-0.2, 0) is 0 Å². The number of nitrogens with two attached hydrogens (primary N) is 1. The summed E-state index contributed by atoms with van der Waals surface area (Å²) in [6.07, 6.45) is 0. The summed E-state index contributed by atoms with van der Waals surface area (Å²) in [6.45, 7) is 0. The number of halogens is 3. The van der Waals surface area contributed by atoms with Gasteiger partial charge in [0.2, 0.25) is 5.88 Å². The Balaban J connectivity index is 2.21. The van der Waals surface area contributed by atoms with E-state index in [1.807, 2.05) is 0 Å². The molecular weight excluding hydrogens is 351 g/mol. The monoisotopic (exact) mass is 356 g/mol. The van der Waals surface area contributed by atoms with Gasteiger partial charge in [0.1, 0.15) is 5.82 Å². The van der Waals surface area contributed by atoms with Gasteiger partial charge in [-0.25, -0.2) is 4.39 Å². The normalized spacial score (nSPS) is 10.9. The van der Waals surface area contributed by atoms with E-state index in [9.17, 15) is 4.39 Å². The number of nitrogen functional groups attached to an aromatic ring is 1. The summed E-state index contributed by atoms with van der Waals surface area (Å²) >= 11 is 9.26. The number of hydrogen-bond donors (Lipinski definition) is 1. The first kappa shape index (κ1) is 13.2. The van der Waals surface area contributed by atoms with Crippen LogP contribution in [0.4, 0.5) is 10.3 Å². The quantitative estimate of drug-likeness (QED) is 0.719. The molecule has 0 radical (unpaired) electrons. The first-order chi connectivity index (χ1) is 9.56. The van der Waals surface area contributed by atoms with Gasteiger partial charge in [0.15, 0.2) is 16.1 Å². The zero-order valence-electron chi connectivity index (χ0n) is 9.86. The van der Waals surface area contributed by atoms with Crippen molar-refractivity contribution in [2.75, 3.05) is 5.73 Å². The Morgan fingerprint density at radius 1 is 1.25 bits per heavy atom. The summed E-state index contributed by atoms with van der Waals surface area (Å²) < 4.78 is 24.1. The fourth-order valence-corrected chi connectivity index (χ4v) is 2.43. The van der Waals surface area contributed by atoms with Crippen molar-refractivity contribution in [1.29, 1.82) is 0 Å². The zero-order chi connectivity index (χ0) is 14.3. The predicted octanol–water partition coefficient (Wildman–Crippen LogP) is 4.74.